The largest absolute Gasteiger partial charge is 0.370 e. The van der Waals surface area contributed by atoms with Gasteiger partial charge in [0.2, 0.25) is 0 Å². The Morgan fingerprint density at radius 2 is 1.89 bits per heavy atom. The van der Waals surface area contributed by atoms with E-state index in [4.69, 9.17) is 11.6 Å². The predicted molar refractivity (Wildman–Crippen MR) is 80.4 cm³/mol. The Balaban J connectivity index is 2.30. The van der Waals surface area contributed by atoms with Gasteiger partial charge in [-0.2, -0.15) is 0 Å². The van der Waals surface area contributed by atoms with Crippen molar-refractivity contribution in [1.82, 2.24) is 9.97 Å². The third-order valence-electron chi connectivity index (χ3n) is 2.73. The lowest BCUT2D eigenvalue weighted by Gasteiger charge is -2.11. The summed E-state index contributed by atoms with van der Waals surface area (Å²) < 4.78 is 0. The van der Waals surface area contributed by atoms with Crippen LogP contribution in [0.25, 0.3) is 0 Å². The quantitative estimate of drug-likeness (QED) is 0.889. The topological polar surface area (TPSA) is 49.8 Å². The van der Waals surface area contributed by atoms with Crippen LogP contribution in [-0.4, -0.2) is 16.5 Å². The first-order chi connectivity index (χ1) is 9.10. The van der Waals surface area contributed by atoms with Crippen LogP contribution in [0.3, 0.4) is 0 Å². The zero-order valence-corrected chi connectivity index (χ0v) is 12.0. The second kappa shape index (κ2) is 5.89. The first-order valence-corrected chi connectivity index (χ1v) is 6.59. The van der Waals surface area contributed by atoms with Crippen LogP contribution < -0.4 is 10.6 Å². The van der Waals surface area contributed by atoms with Gasteiger partial charge in [0.1, 0.15) is 17.5 Å². The molecule has 1 aromatic heterocycles. The van der Waals surface area contributed by atoms with Crippen molar-refractivity contribution >= 4 is 28.9 Å². The zero-order valence-electron chi connectivity index (χ0n) is 11.3. The summed E-state index contributed by atoms with van der Waals surface area (Å²) in [6.07, 6.45) is 0. The maximum absolute atomic E-state index is 6.11. The number of hydrogen-bond acceptors (Lipinski definition) is 4. The third-order valence-corrected chi connectivity index (χ3v) is 3.14. The molecule has 100 valence electrons. The molecule has 0 bridgehead atoms. The Labute approximate surface area is 118 Å². The lowest BCUT2D eigenvalue weighted by Crippen LogP contribution is -2.04. The van der Waals surface area contributed by atoms with Crippen LogP contribution in [0.15, 0.2) is 24.3 Å². The molecule has 0 fully saturated rings. The van der Waals surface area contributed by atoms with Gasteiger partial charge in [0.25, 0.3) is 0 Å². The third kappa shape index (κ3) is 3.35. The Morgan fingerprint density at radius 3 is 2.63 bits per heavy atom. The van der Waals surface area contributed by atoms with Gasteiger partial charge in [-0.1, -0.05) is 17.7 Å². The lowest BCUT2D eigenvalue weighted by molar-refractivity contribution is 1.04. The van der Waals surface area contributed by atoms with Crippen LogP contribution in [0.2, 0.25) is 5.02 Å². The summed E-state index contributed by atoms with van der Waals surface area (Å²) >= 11 is 6.11. The minimum Gasteiger partial charge on any atom is -0.370 e. The minimum atomic E-state index is 0.723. The van der Waals surface area contributed by atoms with E-state index >= 15 is 0 Å². The molecule has 0 saturated heterocycles. The van der Waals surface area contributed by atoms with Gasteiger partial charge >= 0.3 is 0 Å². The second-order valence-corrected chi connectivity index (χ2v) is 4.66. The molecule has 0 atom stereocenters. The smallest absolute Gasteiger partial charge is 0.136 e. The number of nitrogens with one attached hydrogen (secondary N) is 2. The average molecular weight is 277 g/mol. The number of aromatic nitrogens is 2. The Hall–Kier alpha value is -1.81. The van der Waals surface area contributed by atoms with Crippen molar-refractivity contribution in [3.05, 3.63) is 40.7 Å². The van der Waals surface area contributed by atoms with E-state index in [9.17, 15) is 0 Å². The van der Waals surface area contributed by atoms with E-state index < -0.39 is 0 Å². The normalized spacial score (nSPS) is 10.3. The van der Waals surface area contributed by atoms with Crippen molar-refractivity contribution in [3.63, 3.8) is 0 Å². The number of halogens is 1. The van der Waals surface area contributed by atoms with Gasteiger partial charge < -0.3 is 10.6 Å². The zero-order chi connectivity index (χ0) is 13.8. The first-order valence-electron chi connectivity index (χ1n) is 6.22. The standard InChI is InChI=1S/C14H17ClN4/c1-4-16-13-8-14(18-10(3)17-13)19-12-7-5-6-11(15)9(12)2/h5-8H,4H2,1-3H3,(H2,16,17,18,19). The summed E-state index contributed by atoms with van der Waals surface area (Å²) in [5, 5.41) is 7.20. The second-order valence-electron chi connectivity index (χ2n) is 4.25. The molecular formula is C14H17ClN4. The Kier molecular flexibility index (Phi) is 4.22. The molecule has 1 aromatic carbocycles. The summed E-state index contributed by atoms with van der Waals surface area (Å²) in [5.74, 6) is 2.30. The van der Waals surface area contributed by atoms with Gasteiger partial charge in [-0.15, -0.1) is 0 Å². The number of anilines is 3. The van der Waals surface area contributed by atoms with Crippen molar-refractivity contribution in [1.29, 1.82) is 0 Å². The van der Waals surface area contributed by atoms with Crippen LogP contribution >= 0.6 is 11.6 Å². The number of benzene rings is 1. The number of hydrogen-bond donors (Lipinski definition) is 2. The summed E-state index contributed by atoms with van der Waals surface area (Å²) in [6.45, 7) is 6.71. The SMILES string of the molecule is CCNc1cc(Nc2cccc(Cl)c2C)nc(C)n1. The molecule has 2 aromatic rings. The van der Waals surface area contributed by atoms with E-state index in [2.05, 4.69) is 20.6 Å². The molecule has 0 spiro atoms. The number of nitrogens with zero attached hydrogens (tertiary/aromatic N) is 2. The fourth-order valence-corrected chi connectivity index (χ4v) is 1.96. The van der Waals surface area contributed by atoms with E-state index in [1.54, 1.807) is 0 Å². The van der Waals surface area contributed by atoms with Crippen LogP contribution in [0.5, 0.6) is 0 Å². The predicted octanol–water partition coefficient (Wildman–Crippen LogP) is 3.92. The summed E-state index contributed by atoms with van der Waals surface area (Å²) in [4.78, 5) is 8.69. The highest BCUT2D eigenvalue weighted by atomic mass is 35.5. The van der Waals surface area contributed by atoms with Gasteiger partial charge in [0.15, 0.2) is 0 Å². The molecule has 0 aliphatic heterocycles. The molecule has 5 heteroatoms. The molecular weight excluding hydrogens is 260 g/mol. The molecule has 0 aliphatic carbocycles. The van der Waals surface area contributed by atoms with E-state index in [0.29, 0.717) is 0 Å². The van der Waals surface area contributed by atoms with Crippen molar-refractivity contribution in [2.75, 3.05) is 17.2 Å². The van der Waals surface area contributed by atoms with Crippen molar-refractivity contribution < 1.29 is 0 Å². The molecule has 0 saturated carbocycles. The monoisotopic (exact) mass is 276 g/mol. The fourth-order valence-electron chi connectivity index (χ4n) is 1.78. The molecule has 1 heterocycles. The van der Waals surface area contributed by atoms with Crippen molar-refractivity contribution in [3.8, 4) is 0 Å². The summed E-state index contributed by atoms with van der Waals surface area (Å²) in [5.41, 5.74) is 1.96. The van der Waals surface area contributed by atoms with E-state index in [-0.39, 0.29) is 0 Å². The Bertz CT molecular complexity index is 584. The summed E-state index contributed by atoms with van der Waals surface area (Å²) in [6, 6.07) is 7.65. The minimum absolute atomic E-state index is 0.723. The van der Waals surface area contributed by atoms with Gasteiger partial charge in [0.05, 0.1) is 0 Å². The van der Waals surface area contributed by atoms with Gasteiger partial charge in [-0.3, -0.25) is 0 Å². The molecule has 0 amide bonds. The molecule has 2 rings (SSSR count). The molecule has 2 N–H and O–H groups in total. The van der Waals surface area contributed by atoms with Crippen LogP contribution in [0.4, 0.5) is 17.3 Å². The molecule has 4 nitrogen and oxygen atoms in total. The summed E-state index contributed by atoms with van der Waals surface area (Å²) in [7, 11) is 0. The van der Waals surface area contributed by atoms with Crippen molar-refractivity contribution in [2.24, 2.45) is 0 Å². The molecule has 0 aliphatic rings. The highest BCUT2D eigenvalue weighted by molar-refractivity contribution is 6.31. The van der Waals surface area contributed by atoms with E-state index in [0.717, 1.165) is 40.3 Å². The maximum atomic E-state index is 6.11. The number of aryl methyl sites for hydroxylation is 1. The fraction of sp³-hybridized carbons (Fsp3) is 0.286. The molecule has 19 heavy (non-hydrogen) atoms. The Morgan fingerprint density at radius 1 is 1.16 bits per heavy atom. The van der Waals surface area contributed by atoms with Gasteiger partial charge in [-0.05, 0) is 38.5 Å². The van der Waals surface area contributed by atoms with E-state index in [1.165, 1.54) is 0 Å². The molecule has 0 unspecified atom stereocenters. The first kappa shape index (κ1) is 13.6. The highest BCUT2D eigenvalue weighted by Crippen LogP contribution is 2.26. The van der Waals surface area contributed by atoms with Crippen molar-refractivity contribution in [2.45, 2.75) is 20.8 Å². The van der Waals surface area contributed by atoms with Crippen LogP contribution in [0, 0.1) is 13.8 Å². The van der Waals surface area contributed by atoms with E-state index in [1.807, 2.05) is 45.0 Å². The van der Waals surface area contributed by atoms with Gasteiger partial charge in [0, 0.05) is 23.3 Å². The van der Waals surface area contributed by atoms with Gasteiger partial charge in [-0.25, -0.2) is 9.97 Å². The lowest BCUT2D eigenvalue weighted by atomic mass is 10.2. The van der Waals surface area contributed by atoms with Crippen LogP contribution in [0.1, 0.15) is 18.3 Å². The van der Waals surface area contributed by atoms with Crippen LogP contribution in [-0.2, 0) is 0 Å². The molecule has 0 radical (unpaired) electrons. The number of rotatable bonds is 4. The maximum Gasteiger partial charge on any atom is 0.136 e. The average Bonchev–Trinajstić information content (AvgIpc) is 2.35. The highest BCUT2D eigenvalue weighted by Gasteiger charge is 2.05.